The van der Waals surface area contributed by atoms with Crippen molar-refractivity contribution >= 4 is 50.7 Å². The van der Waals surface area contributed by atoms with Crippen LogP contribution >= 0.6 is 50.7 Å². The molecule has 2 aromatic rings. The number of alkyl halides is 1. The Labute approximate surface area is 128 Å². The van der Waals surface area contributed by atoms with Crippen molar-refractivity contribution in [1.29, 1.82) is 0 Å². The lowest BCUT2D eigenvalue weighted by atomic mass is 10.0. The van der Waals surface area contributed by atoms with Crippen LogP contribution in [0.4, 0.5) is 4.39 Å². The van der Waals surface area contributed by atoms with E-state index in [9.17, 15) is 4.39 Å². The minimum atomic E-state index is -0.479. The molecule has 0 saturated heterocycles. The molecule has 94 valence electrons. The van der Waals surface area contributed by atoms with Gasteiger partial charge in [-0.05, 0) is 57.4 Å². The third kappa shape index (κ3) is 3.00. The highest BCUT2D eigenvalue weighted by Gasteiger charge is 2.16. The van der Waals surface area contributed by atoms with Crippen molar-refractivity contribution in [3.8, 4) is 0 Å². The van der Waals surface area contributed by atoms with Gasteiger partial charge >= 0.3 is 0 Å². The third-order valence-corrected chi connectivity index (χ3v) is 4.14. The van der Waals surface area contributed by atoms with Crippen molar-refractivity contribution in [1.82, 2.24) is 0 Å². The SMILES string of the molecule is Fc1ccc(C(Cl)c2cc(Cl)ccc2Cl)cc1Br. The maximum absolute atomic E-state index is 13.2. The summed E-state index contributed by atoms with van der Waals surface area (Å²) < 4.78 is 13.5. The smallest absolute Gasteiger partial charge is 0.137 e. The predicted molar refractivity (Wildman–Crippen MR) is 78.3 cm³/mol. The molecule has 5 heteroatoms. The van der Waals surface area contributed by atoms with Crippen LogP contribution in [0.25, 0.3) is 0 Å². The Morgan fingerprint density at radius 3 is 2.44 bits per heavy atom. The van der Waals surface area contributed by atoms with E-state index in [1.165, 1.54) is 6.07 Å². The van der Waals surface area contributed by atoms with E-state index in [1.54, 1.807) is 30.3 Å². The first-order valence-electron chi connectivity index (χ1n) is 5.03. The second-order valence-electron chi connectivity index (χ2n) is 3.70. The fourth-order valence-corrected chi connectivity index (χ4v) is 2.73. The molecule has 0 bridgehead atoms. The lowest BCUT2D eigenvalue weighted by Gasteiger charge is -2.13. The Morgan fingerprint density at radius 1 is 1.06 bits per heavy atom. The number of hydrogen-bond donors (Lipinski definition) is 0. The summed E-state index contributed by atoms with van der Waals surface area (Å²) in [6, 6.07) is 9.69. The molecule has 0 N–H and O–H groups in total. The summed E-state index contributed by atoms with van der Waals surface area (Å²) in [7, 11) is 0. The van der Waals surface area contributed by atoms with Crippen LogP contribution in [0.15, 0.2) is 40.9 Å². The second kappa shape index (κ2) is 5.79. The van der Waals surface area contributed by atoms with E-state index in [1.807, 2.05) is 0 Å². The molecule has 0 heterocycles. The highest BCUT2D eigenvalue weighted by Crippen LogP contribution is 2.36. The van der Waals surface area contributed by atoms with Gasteiger partial charge in [0.2, 0.25) is 0 Å². The number of hydrogen-bond acceptors (Lipinski definition) is 0. The zero-order valence-electron chi connectivity index (χ0n) is 8.93. The van der Waals surface area contributed by atoms with Crippen LogP contribution in [0.3, 0.4) is 0 Å². The summed E-state index contributed by atoms with van der Waals surface area (Å²) >= 11 is 21.5. The van der Waals surface area contributed by atoms with Gasteiger partial charge in [0.15, 0.2) is 0 Å². The Bertz CT molecular complexity index is 586. The van der Waals surface area contributed by atoms with Gasteiger partial charge in [0.25, 0.3) is 0 Å². The van der Waals surface area contributed by atoms with Crippen LogP contribution in [0, 0.1) is 5.82 Å². The molecule has 1 atom stereocenters. The monoisotopic (exact) mass is 366 g/mol. The fraction of sp³-hybridized carbons (Fsp3) is 0.0769. The molecule has 0 fully saturated rings. The molecular weight excluding hydrogens is 361 g/mol. The summed E-state index contributed by atoms with van der Waals surface area (Å²) in [6.45, 7) is 0. The first kappa shape index (κ1) is 14.1. The summed E-state index contributed by atoms with van der Waals surface area (Å²) in [6.07, 6.45) is 0. The molecule has 0 aromatic heterocycles. The van der Waals surface area contributed by atoms with Crippen molar-refractivity contribution in [2.24, 2.45) is 0 Å². The van der Waals surface area contributed by atoms with E-state index >= 15 is 0 Å². The molecule has 0 nitrogen and oxygen atoms in total. The van der Waals surface area contributed by atoms with Gasteiger partial charge < -0.3 is 0 Å². The molecule has 0 spiro atoms. The standard InChI is InChI=1S/C13H7BrCl3F/c14-10-5-7(1-4-12(10)18)13(17)9-6-8(15)2-3-11(9)16/h1-6,13H. The maximum atomic E-state index is 13.2. The molecule has 0 aliphatic heterocycles. The number of halogens is 5. The predicted octanol–water partition coefficient (Wildman–Crippen LogP) is 6.22. The summed E-state index contributed by atoms with van der Waals surface area (Å²) in [4.78, 5) is 0. The quantitative estimate of drug-likeness (QED) is 0.552. The average Bonchev–Trinajstić information content (AvgIpc) is 2.35. The fourth-order valence-electron chi connectivity index (χ4n) is 1.56. The molecule has 2 aromatic carbocycles. The van der Waals surface area contributed by atoms with E-state index in [2.05, 4.69) is 15.9 Å². The normalized spacial score (nSPS) is 12.5. The second-order valence-corrected chi connectivity index (χ2v) is 5.84. The van der Waals surface area contributed by atoms with Gasteiger partial charge in [0, 0.05) is 10.0 Å². The Morgan fingerprint density at radius 2 is 1.78 bits per heavy atom. The van der Waals surface area contributed by atoms with E-state index < -0.39 is 5.38 Å². The molecule has 0 aliphatic carbocycles. The van der Waals surface area contributed by atoms with E-state index in [-0.39, 0.29) is 5.82 Å². The number of benzene rings is 2. The summed E-state index contributed by atoms with van der Waals surface area (Å²) in [5.74, 6) is -0.334. The zero-order chi connectivity index (χ0) is 13.3. The lowest BCUT2D eigenvalue weighted by Crippen LogP contribution is -1.95. The molecule has 18 heavy (non-hydrogen) atoms. The summed E-state index contributed by atoms with van der Waals surface area (Å²) in [5, 5.41) is 0.606. The van der Waals surface area contributed by atoms with Crippen molar-refractivity contribution in [2.45, 2.75) is 5.38 Å². The topological polar surface area (TPSA) is 0 Å². The maximum Gasteiger partial charge on any atom is 0.137 e. The molecule has 0 saturated carbocycles. The first-order valence-corrected chi connectivity index (χ1v) is 7.01. The Balaban J connectivity index is 2.44. The van der Waals surface area contributed by atoms with Crippen molar-refractivity contribution in [2.75, 3.05) is 0 Å². The molecule has 0 radical (unpaired) electrons. The van der Waals surface area contributed by atoms with Gasteiger partial charge in [-0.25, -0.2) is 4.39 Å². The van der Waals surface area contributed by atoms with Crippen LogP contribution in [-0.2, 0) is 0 Å². The third-order valence-electron chi connectivity index (χ3n) is 2.47. The Kier molecular flexibility index (Phi) is 4.54. The van der Waals surface area contributed by atoms with E-state index in [0.29, 0.717) is 20.1 Å². The van der Waals surface area contributed by atoms with Gasteiger partial charge in [-0.15, -0.1) is 11.6 Å². The van der Waals surface area contributed by atoms with Crippen molar-refractivity contribution < 1.29 is 4.39 Å². The zero-order valence-corrected chi connectivity index (χ0v) is 12.8. The van der Waals surface area contributed by atoms with Crippen LogP contribution in [0.1, 0.15) is 16.5 Å². The van der Waals surface area contributed by atoms with Crippen molar-refractivity contribution in [3.05, 3.63) is 67.9 Å². The van der Waals surface area contributed by atoms with E-state index in [0.717, 1.165) is 5.56 Å². The molecule has 0 amide bonds. The lowest BCUT2D eigenvalue weighted by molar-refractivity contribution is 0.620. The summed E-state index contributed by atoms with van der Waals surface area (Å²) in [5.41, 5.74) is 1.44. The van der Waals surface area contributed by atoms with Gasteiger partial charge in [0.05, 0.1) is 9.85 Å². The van der Waals surface area contributed by atoms with Gasteiger partial charge in [-0.3, -0.25) is 0 Å². The highest BCUT2D eigenvalue weighted by atomic mass is 79.9. The van der Waals surface area contributed by atoms with Crippen LogP contribution in [-0.4, -0.2) is 0 Å². The van der Waals surface area contributed by atoms with Crippen LogP contribution < -0.4 is 0 Å². The number of rotatable bonds is 2. The van der Waals surface area contributed by atoms with Crippen molar-refractivity contribution in [3.63, 3.8) is 0 Å². The van der Waals surface area contributed by atoms with Gasteiger partial charge in [-0.1, -0.05) is 29.3 Å². The van der Waals surface area contributed by atoms with Gasteiger partial charge in [0.1, 0.15) is 5.82 Å². The van der Waals surface area contributed by atoms with Crippen LogP contribution in [0.5, 0.6) is 0 Å². The first-order chi connectivity index (χ1) is 8.49. The largest absolute Gasteiger partial charge is 0.206 e. The Hall–Kier alpha value is -0.280. The molecular formula is C13H7BrCl3F. The van der Waals surface area contributed by atoms with Crippen LogP contribution in [0.2, 0.25) is 10.0 Å². The van der Waals surface area contributed by atoms with Gasteiger partial charge in [-0.2, -0.15) is 0 Å². The molecule has 1 unspecified atom stereocenters. The highest BCUT2D eigenvalue weighted by molar-refractivity contribution is 9.10. The van der Waals surface area contributed by atoms with E-state index in [4.69, 9.17) is 34.8 Å². The molecule has 0 aliphatic rings. The minimum Gasteiger partial charge on any atom is -0.206 e. The molecule has 2 rings (SSSR count). The average molecular weight is 368 g/mol. The minimum absolute atomic E-state index is 0.334.